The lowest BCUT2D eigenvalue weighted by atomic mass is 9.81. The second-order valence-corrected chi connectivity index (χ2v) is 8.32. The third kappa shape index (κ3) is 3.73. The Labute approximate surface area is 181 Å². The van der Waals surface area contributed by atoms with Crippen LogP contribution < -0.4 is 10.1 Å². The molecule has 1 fully saturated rings. The summed E-state index contributed by atoms with van der Waals surface area (Å²) in [4.78, 5) is 46.7. The molecule has 31 heavy (non-hydrogen) atoms. The van der Waals surface area contributed by atoms with Gasteiger partial charge in [-0.25, -0.2) is 0 Å². The fraction of sp³-hybridized carbons (Fsp3) is 0.391. The Kier molecular flexibility index (Phi) is 5.39. The molecule has 3 amide bonds. The number of nitrogens with zero attached hydrogens (tertiary/aromatic N) is 3. The molecule has 2 aliphatic heterocycles. The van der Waals surface area contributed by atoms with Crippen molar-refractivity contribution in [1.82, 2.24) is 20.1 Å². The summed E-state index contributed by atoms with van der Waals surface area (Å²) in [5.41, 5.74) is 0.917. The fourth-order valence-electron chi connectivity index (χ4n) is 4.55. The molecule has 1 aromatic heterocycles. The molecule has 0 unspecified atom stereocenters. The van der Waals surface area contributed by atoms with Gasteiger partial charge in [0.1, 0.15) is 11.4 Å². The predicted molar refractivity (Wildman–Crippen MR) is 114 cm³/mol. The highest BCUT2D eigenvalue weighted by molar-refractivity contribution is 5.98. The summed E-state index contributed by atoms with van der Waals surface area (Å²) in [5.74, 6) is -0.554. The number of rotatable bonds is 3. The van der Waals surface area contributed by atoms with Crippen LogP contribution in [0.25, 0.3) is 0 Å². The highest BCUT2D eigenvalue weighted by atomic mass is 16.5. The van der Waals surface area contributed by atoms with E-state index in [9.17, 15) is 14.4 Å². The summed E-state index contributed by atoms with van der Waals surface area (Å²) in [6.45, 7) is 0.482. The molecule has 1 saturated heterocycles. The first-order chi connectivity index (χ1) is 14.8. The molecule has 2 aromatic rings. The van der Waals surface area contributed by atoms with Gasteiger partial charge < -0.3 is 19.9 Å². The van der Waals surface area contributed by atoms with Crippen molar-refractivity contribution in [2.75, 3.05) is 34.3 Å². The van der Waals surface area contributed by atoms with E-state index in [4.69, 9.17) is 4.74 Å². The van der Waals surface area contributed by atoms with Crippen molar-refractivity contribution < 1.29 is 19.1 Å². The van der Waals surface area contributed by atoms with Gasteiger partial charge in [-0.05, 0) is 42.7 Å². The highest BCUT2D eigenvalue weighted by Crippen LogP contribution is 2.37. The van der Waals surface area contributed by atoms with Crippen molar-refractivity contribution >= 4 is 17.7 Å². The van der Waals surface area contributed by atoms with Gasteiger partial charge in [0, 0.05) is 38.9 Å². The summed E-state index contributed by atoms with van der Waals surface area (Å²) in [6.07, 6.45) is 2.73. The van der Waals surface area contributed by atoms with E-state index in [1.807, 2.05) is 12.1 Å². The smallest absolute Gasteiger partial charge is 0.272 e. The Morgan fingerprint density at radius 2 is 2.06 bits per heavy atom. The minimum absolute atomic E-state index is 0.111. The van der Waals surface area contributed by atoms with Gasteiger partial charge in [0.2, 0.25) is 5.91 Å². The zero-order valence-corrected chi connectivity index (χ0v) is 17.9. The third-order valence-corrected chi connectivity index (χ3v) is 6.22. The van der Waals surface area contributed by atoms with Crippen LogP contribution in [0.1, 0.15) is 32.8 Å². The van der Waals surface area contributed by atoms with Crippen LogP contribution in [0.3, 0.4) is 0 Å². The molecular formula is C23H26N4O4. The highest BCUT2D eigenvalue weighted by Gasteiger charge is 2.53. The number of amides is 3. The standard InChI is InChI=1S/C23H26N4O4/c1-26(2)21(29)18-13-27(22(30)19-6-4-5-11-24-19)14-23(18)10-9-15-7-8-16(31-3)12-17(15)20(28)25-23/h4-8,11-12,18H,9-10,13-14H2,1-3H3,(H,25,28)/t18-,23+/m1/s1. The molecule has 0 radical (unpaired) electrons. The Bertz CT molecular complexity index is 1020. The lowest BCUT2D eigenvalue weighted by molar-refractivity contribution is -0.134. The van der Waals surface area contributed by atoms with Crippen LogP contribution >= 0.6 is 0 Å². The van der Waals surface area contributed by atoms with Crippen LogP contribution in [0.4, 0.5) is 0 Å². The zero-order chi connectivity index (χ0) is 22.2. The number of aryl methyl sites for hydroxylation is 1. The largest absolute Gasteiger partial charge is 0.497 e. The Balaban J connectivity index is 1.69. The minimum atomic E-state index is -0.852. The summed E-state index contributed by atoms with van der Waals surface area (Å²) >= 11 is 0. The maximum atomic E-state index is 13.2. The number of hydrogen-bond acceptors (Lipinski definition) is 5. The van der Waals surface area contributed by atoms with Gasteiger partial charge in [-0.3, -0.25) is 19.4 Å². The molecule has 0 aliphatic carbocycles. The molecule has 8 heteroatoms. The molecular weight excluding hydrogens is 396 g/mol. The monoisotopic (exact) mass is 422 g/mol. The lowest BCUT2D eigenvalue weighted by Gasteiger charge is -2.34. The molecule has 2 aliphatic rings. The number of nitrogens with one attached hydrogen (secondary N) is 1. The van der Waals surface area contributed by atoms with Crippen molar-refractivity contribution in [3.63, 3.8) is 0 Å². The molecule has 1 spiro atoms. The van der Waals surface area contributed by atoms with Crippen molar-refractivity contribution in [1.29, 1.82) is 0 Å². The molecule has 4 rings (SSSR count). The second-order valence-electron chi connectivity index (χ2n) is 8.32. The van der Waals surface area contributed by atoms with E-state index < -0.39 is 11.5 Å². The molecule has 1 aromatic carbocycles. The average Bonchev–Trinajstić information content (AvgIpc) is 3.09. The molecule has 0 saturated carbocycles. The number of benzene rings is 1. The molecule has 2 atom stereocenters. The van der Waals surface area contributed by atoms with Gasteiger partial charge in [0.15, 0.2) is 0 Å². The second kappa shape index (κ2) is 8.02. The van der Waals surface area contributed by atoms with Crippen LogP contribution in [0.5, 0.6) is 5.75 Å². The normalized spacial score (nSPS) is 22.5. The van der Waals surface area contributed by atoms with Crippen LogP contribution in [-0.4, -0.2) is 72.3 Å². The first kappa shape index (κ1) is 20.8. The van der Waals surface area contributed by atoms with E-state index in [-0.39, 0.29) is 30.8 Å². The maximum Gasteiger partial charge on any atom is 0.272 e. The SMILES string of the molecule is COc1ccc2c(c1)C(=O)N[C@@]1(CC2)CN(C(=O)c2ccccn2)C[C@@H]1C(=O)N(C)C. The van der Waals surface area contributed by atoms with Crippen LogP contribution in [0, 0.1) is 5.92 Å². The van der Waals surface area contributed by atoms with Crippen LogP contribution in [0.15, 0.2) is 42.6 Å². The van der Waals surface area contributed by atoms with Gasteiger partial charge >= 0.3 is 0 Å². The number of ether oxygens (including phenoxy) is 1. The zero-order valence-electron chi connectivity index (χ0n) is 17.9. The number of likely N-dealkylation sites (tertiary alicyclic amines) is 1. The van der Waals surface area contributed by atoms with E-state index in [0.717, 1.165) is 5.56 Å². The lowest BCUT2D eigenvalue weighted by Crippen LogP contribution is -2.57. The summed E-state index contributed by atoms with van der Waals surface area (Å²) in [5, 5.41) is 3.13. The number of methoxy groups -OCH3 is 1. The Morgan fingerprint density at radius 3 is 2.74 bits per heavy atom. The van der Waals surface area contributed by atoms with E-state index in [0.29, 0.717) is 29.8 Å². The summed E-state index contributed by atoms with van der Waals surface area (Å²) in [7, 11) is 4.94. The van der Waals surface area contributed by atoms with Crippen LogP contribution in [-0.2, 0) is 11.2 Å². The Morgan fingerprint density at radius 1 is 1.26 bits per heavy atom. The number of carbonyl (C=O) groups excluding carboxylic acids is 3. The molecule has 162 valence electrons. The average molecular weight is 422 g/mol. The van der Waals surface area contributed by atoms with E-state index in [1.54, 1.807) is 56.6 Å². The first-order valence-electron chi connectivity index (χ1n) is 10.3. The summed E-state index contributed by atoms with van der Waals surface area (Å²) in [6, 6.07) is 10.6. The van der Waals surface area contributed by atoms with Gasteiger partial charge in [0.25, 0.3) is 11.8 Å². The van der Waals surface area contributed by atoms with E-state index in [2.05, 4.69) is 10.3 Å². The molecule has 8 nitrogen and oxygen atoms in total. The van der Waals surface area contributed by atoms with Crippen molar-refractivity contribution in [2.24, 2.45) is 5.92 Å². The quantitative estimate of drug-likeness (QED) is 0.807. The summed E-state index contributed by atoms with van der Waals surface area (Å²) < 4.78 is 5.27. The maximum absolute atomic E-state index is 13.2. The third-order valence-electron chi connectivity index (χ3n) is 6.22. The number of aromatic nitrogens is 1. The van der Waals surface area contributed by atoms with E-state index >= 15 is 0 Å². The molecule has 0 bridgehead atoms. The van der Waals surface area contributed by atoms with Gasteiger partial charge in [0.05, 0.1) is 18.6 Å². The number of carbonyl (C=O) groups is 3. The van der Waals surface area contributed by atoms with Gasteiger partial charge in [-0.15, -0.1) is 0 Å². The number of pyridine rings is 1. The van der Waals surface area contributed by atoms with Crippen molar-refractivity contribution in [2.45, 2.75) is 18.4 Å². The Hall–Kier alpha value is -3.42. The minimum Gasteiger partial charge on any atom is -0.497 e. The van der Waals surface area contributed by atoms with Crippen molar-refractivity contribution in [3.05, 3.63) is 59.4 Å². The van der Waals surface area contributed by atoms with Crippen molar-refractivity contribution in [3.8, 4) is 5.75 Å². The predicted octanol–water partition coefficient (Wildman–Crippen LogP) is 1.37. The number of hydrogen-bond donors (Lipinski definition) is 1. The number of fused-ring (bicyclic) bond motifs is 1. The van der Waals surface area contributed by atoms with E-state index in [1.165, 1.54) is 4.90 Å². The van der Waals surface area contributed by atoms with Crippen LogP contribution in [0.2, 0.25) is 0 Å². The first-order valence-corrected chi connectivity index (χ1v) is 10.3. The molecule has 3 heterocycles. The van der Waals surface area contributed by atoms with Gasteiger partial charge in [-0.2, -0.15) is 0 Å². The topological polar surface area (TPSA) is 91.8 Å². The van der Waals surface area contributed by atoms with Gasteiger partial charge in [-0.1, -0.05) is 12.1 Å². The fourth-order valence-corrected chi connectivity index (χ4v) is 4.55. The molecule has 1 N–H and O–H groups in total.